The van der Waals surface area contributed by atoms with E-state index in [0.29, 0.717) is 35.2 Å². The number of nitrogens with one attached hydrogen (secondary N) is 1. The molecule has 130 valence electrons. The van der Waals surface area contributed by atoms with Crippen molar-refractivity contribution in [2.75, 3.05) is 7.05 Å². The number of hydrogen-bond acceptors (Lipinski definition) is 4. The van der Waals surface area contributed by atoms with E-state index in [1.54, 1.807) is 30.5 Å². The molecule has 2 aromatic rings. The maximum Gasteiger partial charge on any atom is 0.269 e. The summed E-state index contributed by atoms with van der Waals surface area (Å²) in [4.78, 5) is 33.2. The lowest BCUT2D eigenvalue weighted by Gasteiger charge is -2.12. The Kier molecular flexibility index (Phi) is 5.13. The lowest BCUT2D eigenvalue weighted by molar-refractivity contribution is 0.0958. The van der Waals surface area contributed by atoms with Gasteiger partial charge in [0.25, 0.3) is 5.91 Å². The molecule has 1 aliphatic carbocycles. The van der Waals surface area contributed by atoms with Gasteiger partial charge in [0.05, 0.1) is 11.4 Å². The molecule has 0 bridgehead atoms. The first-order valence-corrected chi connectivity index (χ1v) is 8.75. The standard InChI is InChI=1S/C19H20ClN3O2/c1-11-7-12(11)10-17(24)13-8-15(23-16(9-13)19(25)21-2)18(20)14-5-3-4-6-22-14/h3-6,8-9,11-12,18H,7,10H2,1-2H3,(H,21,25)/t11-,12+,18?/m0/s1. The zero-order valence-electron chi connectivity index (χ0n) is 14.2. The average molecular weight is 358 g/mol. The molecule has 6 heteroatoms. The predicted molar refractivity (Wildman–Crippen MR) is 95.8 cm³/mol. The van der Waals surface area contributed by atoms with Crippen molar-refractivity contribution in [1.29, 1.82) is 0 Å². The maximum absolute atomic E-state index is 12.6. The van der Waals surface area contributed by atoms with Crippen LogP contribution in [0.2, 0.25) is 0 Å². The number of pyridine rings is 2. The Hall–Kier alpha value is -2.27. The molecule has 1 unspecified atom stereocenters. The van der Waals surface area contributed by atoms with E-state index in [2.05, 4.69) is 22.2 Å². The van der Waals surface area contributed by atoms with Crippen molar-refractivity contribution in [3.8, 4) is 0 Å². The van der Waals surface area contributed by atoms with Crippen LogP contribution in [0.4, 0.5) is 0 Å². The van der Waals surface area contributed by atoms with E-state index in [9.17, 15) is 9.59 Å². The van der Waals surface area contributed by atoms with E-state index in [-0.39, 0.29) is 17.4 Å². The zero-order valence-corrected chi connectivity index (χ0v) is 15.0. The molecule has 2 aromatic heterocycles. The number of carbonyl (C=O) groups excluding carboxylic acids is 2. The topological polar surface area (TPSA) is 72.0 Å². The van der Waals surface area contributed by atoms with Crippen LogP contribution >= 0.6 is 11.6 Å². The third-order valence-electron chi connectivity index (χ3n) is 4.56. The van der Waals surface area contributed by atoms with E-state index in [1.807, 2.05) is 6.07 Å². The Bertz CT molecular complexity index is 795. The molecule has 1 amide bonds. The first kappa shape index (κ1) is 17.5. The molecule has 0 spiro atoms. The highest BCUT2D eigenvalue weighted by molar-refractivity contribution is 6.22. The van der Waals surface area contributed by atoms with Crippen LogP contribution in [-0.4, -0.2) is 28.7 Å². The molecule has 25 heavy (non-hydrogen) atoms. The van der Waals surface area contributed by atoms with Crippen LogP contribution in [-0.2, 0) is 0 Å². The van der Waals surface area contributed by atoms with Gasteiger partial charge in [0.15, 0.2) is 5.78 Å². The van der Waals surface area contributed by atoms with Crippen LogP contribution in [0, 0.1) is 11.8 Å². The molecule has 1 N–H and O–H groups in total. The first-order valence-electron chi connectivity index (χ1n) is 8.32. The van der Waals surface area contributed by atoms with Gasteiger partial charge >= 0.3 is 0 Å². The van der Waals surface area contributed by atoms with Crippen LogP contribution in [0.5, 0.6) is 0 Å². The SMILES string of the molecule is CNC(=O)c1cc(C(=O)C[C@H]2C[C@@H]2C)cc(C(Cl)c2ccccn2)n1. The van der Waals surface area contributed by atoms with Crippen molar-refractivity contribution in [3.05, 3.63) is 59.2 Å². The molecule has 1 aliphatic rings. The third kappa shape index (κ3) is 4.04. The molecule has 0 aliphatic heterocycles. The van der Waals surface area contributed by atoms with Gasteiger partial charge in [-0.15, -0.1) is 11.6 Å². The highest BCUT2D eigenvalue weighted by Gasteiger charge is 2.34. The summed E-state index contributed by atoms with van der Waals surface area (Å²) in [6.07, 6.45) is 3.22. The summed E-state index contributed by atoms with van der Waals surface area (Å²) in [5.41, 5.74) is 1.74. The lowest BCUT2D eigenvalue weighted by Crippen LogP contribution is -2.21. The van der Waals surface area contributed by atoms with E-state index >= 15 is 0 Å². The molecule has 0 radical (unpaired) electrons. The van der Waals surface area contributed by atoms with Gasteiger partial charge < -0.3 is 5.32 Å². The summed E-state index contributed by atoms with van der Waals surface area (Å²) in [7, 11) is 1.53. The number of nitrogens with zero attached hydrogens (tertiary/aromatic N) is 2. The fraction of sp³-hybridized carbons (Fsp3) is 0.368. The number of halogens is 1. The normalized spacial score (nSPS) is 20.0. The van der Waals surface area contributed by atoms with E-state index < -0.39 is 5.38 Å². The molecular formula is C19H20ClN3O2. The summed E-state index contributed by atoms with van der Waals surface area (Å²) in [6.45, 7) is 2.14. The predicted octanol–water partition coefficient (Wildman–Crippen LogP) is 3.39. The zero-order chi connectivity index (χ0) is 18.0. The highest BCUT2D eigenvalue weighted by atomic mass is 35.5. The van der Waals surface area contributed by atoms with Crippen LogP contribution in [0.15, 0.2) is 36.5 Å². The number of Topliss-reactive ketones (excluding diaryl/α,β-unsaturated/α-hetero) is 1. The second-order valence-corrected chi connectivity index (χ2v) is 6.90. The number of carbonyl (C=O) groups is 2. The number of aromatic nitrogens is 2. The van der Waals surface area contributed by atoms with Crippen molar-refractivity contribution in [1.82, 2.24) is 15.3 Å². The molecule has 1 saturated carbocycles. The highest BCUT2D eigenvalue weighted by Crippen LogP contribution is 2.41. The minimum absolute atomic E-state index is 0.0213. The van der Waals surface area contributed by atoms with Crippen molar-refractivity contribution in [2.24, 2.45) is 11.8 Å². The Morgan fingerprint density at radius 2 is 2.08 bits per heavy atom. The molecule has 0 saturated heterocycles. The lowest BCUT2D eigenvalue weighted by atomic mass is 10.0. The summed E-state index contributed by atoms with van der Waals surface area (Å²) in [5.74, 6) is 0.710. The minimum Gasteiger partial charge on any atom is -0.354 e. The average Bonchev–Trinajstić information content (AvgIpc) is 3.35. The Morgan fingerprint density at radius 3 is 2.68 bits per heavy atom. The molecule has 1 fully saturated rings. The fourth-order valence-corrected chi connectivity index (χ4v) is 3.04. The van der Waals surface area contributed by atoms with Gasteiger partial charge in [-0.1, -0.05) is 13.0 Å². The summed E-state index contributed by atoms with van der Waals surface area (Å²) in [5, 5.41) is 1.91. The van der Waals surface area contributed by atoms with Crippen LogP contribution < -0.4 is 5.32 Å². The van der Waals surface area contributed by atoms with Crippen molar-refractivity contribution in [3.63, 3.8) is 0 Å². The van der Waals surface area contributed by atoms with Crippen LogP contribution in [0.1, 0.15) is 57.4 Å². The van der Waals surface area contributed by atoms with Gasteiger partial charge in [-0.05, 0) is 42.5 Å². The second-order valence-electron chi connectivity index (χ2n) is 6.46. The smallest absolute Gasteiger partial charge is 0.269 e. The molecule has 0 aromatic carbocycles. The quantitative estimate of drug-likeness (QED) is 0.635. The number of alkyl halides is 1. The Balaban J connectivity index is 1.95. The molecule has 5 nitrogen and oxygen atoms in total. The third-order valence-corrected chi connectivity index (χ3v) is 5.00. The largest absolute Gasteiger partial charge is 0.354 e. The Morgan fingerprint density at radius 1 is 1.32 bits per heavy atom. The monoisotopic (exact) mass is 357 g/mol. The second kappa shape index (κ2) is 7.31. The van der Waals surface area contributed by atoms with Crippen molar-refractivity contribution < 1.29 is 9.59 Å². The Labute approximate surface area is 151 Å². The number of amides is 1. The summed E-state index contributed by atoms with van der Waals surface area (Å²) >= 11 is 6.50. The van der Waals surface area contributed by atoms with Crippen LogP contribution in [0.3, 0.4) is 0 Å². The number of rotatable bonds is 6. The van der Waals surface area contributed by atoms with Gasteiger partial charge in [-0.3, -0.25) is 14.6 Å². The van der Waals surface area contributed by atoms with Gasteiger partial charge in [0.1, 0.15) is 11.1 Å². The van der Waals surface area contributed by atoms with Gasteiger partial charge in [-0.2, -0.15) is 0 Å². The van der Waals surface area contributed by atoms with Gasteiger partial charge in [0.2, 0.25) is 0 Å². The first-order chi connectivity index (χ1) is 12.0. The molecule has 2 heterocycles. The minimum atomic E-state index is -0.628. The van der Waals surface area contributed by atoms with Crippen LogP contribution in [0.25, 0.3) is 0 Å². The van der Waals surface area contributed by atoms with Gasteiger partial charge in [-0.25, -0.2) is 4.98 Å². The molecule has 3 atom stereocenters. The van der Waals surface area contributed by atoms with Crippen molar-refractivity contribution >= 4 is 23.3 Å². The van der Waals surface area contributed by atoms with E-state index in [0.717, 1.165) is 6.42 Å². The number of hydrogen-bond donors (Lipinski definition) is 1. The number of ketones is 1. The molecule has 3 rings (SSSR count). The van der Waals surface area contributed by atoms with E-state index in [4.69, 9.17) is 11.6 Å². The maximum atomic E-state index is 12.6. The summed E-state index contributed by atoms with van der Waals surface area (Å²) in [6, 6.07) is 8.64. The summed E-state index contributed by atoms with van der Waals surface area (Å²) < 4.78 is 0. The van der Waals surface area contributed by atoms with Gasteiger partial charge in [0, 0.05) is 25.2 Å². The van der Waals surface area contributed by atoms with Crippen molar-refractivity contribution in [2.45, 2.75) is 25.1 Å². The fourth-order valence-electron chi connectivity index (χ4n) is 2.80. The molecular weight excluding hydrogens is 338 g/mol. The van der Waals surface area contributed by atoms with E-state index in [1.165, 1.54) is 7.05 Å².